The van der Waals surface area contributed by atoms with Gasteiger partial charge in [0.1, 0.15) is 30.4 Å². The lowest BCUT2D eigenvalue weighted by atomic mass is 9.99. The van der Waals surface area contributed by atoms with Crippen LogP contribution in [0, 0.1) is 12.7 Å². The molecule has 0 aliphatic carbocycles. The Morgan fingerprint density at radius 2 is 1.96 bits per heavy atom. The zero-order chi connectivity index (χ0) is 32.6. The lowest BCUT2D eigenvalue weighted by Crippen LogP contribution is -2.53. The molecule has 2 fully saturated rings. The molecule has 45 heavy (non-hydrogen) atoms. The lowest BCUT2D eigenvalue weighted by Gasteiger charge is -2.40. The summed E-state index contributed by atoms with van der Waals surface area (Å²) in [5.41, 5.74) is 2.75. The van der Waals surface area contributed by atoms with Gasteiger partial charge in [0.05, 0.1) is 21.8 Å². The zero-order valence-corrected chi connectivity index (χ0v) is 25.7. The largest absolute Gasteiger partial charge is 0.462 e. The van der Waals surface area contributed by atoms with Crippen molar-refractivity contribution in [2.24, 2.45) is 0 Å². The minimum atomic E-state index is -4.88. The highest BCUT2D eigenvalue weighted by atomic mass is 35.5. The number of allylic oxidation sites excluding steroid dienone is 1. The van der Waals surface area contributed by atoms with Gasteiger partial charge in [-0.15, -0.1) is 0 Å². The van der Waals surface area contributed by atoms with Gasteiger partial charge in [-0.1, -0.05) is 11.6 Å². The maximum atomic E-state index is 16.6. The number of nitrogens with two attached hydrogens (primary N) is 1. The number of amides is 1. The minimum Gasteiger partial charge on any atom is -0.462 e. The molecule has 2 aliphatic rings. The number of likely N-dealkylation sites (tertiary alicyclic amines) is 1. The Morgan fingerprint density at radius 3 is 2.60 bits per heavy atom. The number of hydrogen-bond donors (Lipinski definition) is 1. The Balaban J connectivity index is 1.64. The summed E-state index contributed by atoms with van der Waals surface area (Å²) in [4.78, 5) is 30.8. The van der Waals surface area contributed by atoms with E-state index >= 15 is 4.39 Å². The molecule has 0 unspecified atom stereocenters. The van der Waals surface area contributed by atoms with Gasteiger partial charge in [0.2, 0.25) is 5.91 Å². The van der Waals surface area contributed by atoms with Crippen molar-refractivity contribution >= 4 is 40.0 Å². The summed E-state index contributed by atoms with van der Waals surface area (Å²) in [5, 5.41) is -0.198. The fraction of sp³-hybridized carbons (Fsp3) is 0.467. The molecule has 2 aliphatic heterocycles. The van der Waals surface area contributed by atoms with Crippen LogP contribution in [-0.2, 0) is 11.0 Å². The number of carbonyl (C=O) groups is 1. The van der Waals surface area contributed by atoms with Crippen LogP contribution in [-0.4, -0.2) is 89.3 Å². The number of hydrogen-bond acceptors (Lipinski definition) is 8. The average Bonchev–Trinajstić information content (AvgIpc) is 3.38. The topological polar surface area (TPSA) is 101 Å². The molecular weight excluding hydrogens is 621 g/mol. The lowest BCUT2D eigenvalue weighted by molar-refractivity contribution is -0.137. The van der Waals surface area contributed by atoms with E-state index in [1.807, 2.05) is 18.9 Å². The second kappa shape index (κ2) is 12.9. The summed E-state index contributed by atoms with van der Waals surface area (Å²) in [6, 6.07) is 1.95. The summed E-state index contributed by atoms with van der Waals surface area (Å²) in [7, 11) is 1.96. The number of likely N-dealkylation sites (N-methyl/N-ethyl adjacent to an activating group) is 1. The maximum absolute atomic E-state index is 16.6. The monoisotopic (exact) mass is 653 g/mol. The quantitative estimate of drug-likeness (QED) is 0.266. The third kappa shape index (κ3) is 6.62. The third-order valence-corrected chi connectivity index (χ3v) is 8.53. The van der Waals surface area contributed by atoms with Crippen LogP contribution < -0.4 is 15.4 Å². The Labute approximate surface area is 261 Å². The summed E-state index contributed by atoms with van der Waals surface area (Å²) < 4.78 is 77.7. The van der Waals surface area contributed by atoms with Gasteiger partial charge < -0.3 is 25.2 Å². The van der Waals surface area contributed by atoms with E-state index in [4.69, 9.17) is 22.1 Å². The van der Waals surface area contributed by atoms with E-state index in [2.05, 4.69) is 19.9 Å². The van der Waals surface area contributed by atoms with E-state index < -0.39 is 35.5 Å². The number of rotatable bonds is 7. The number of piperazine rings is 1. The highest BCUT2D eigenvalue weighted by molar-refractivity contribution is 6.34. The second-order valence-corrected chi connectivity index (χ2v) is 11.7. The molecule has 15 heteroatoms. The molecule has 2 N–H and O–H groups in total. The van der Waals surface area contributed by atoms with Crippen molar-refractivity contribution in [1.82, 2.24) is 24.8 Å². The number of fused-ring (bicyclic) bond motifs is 1. The summed E-state index contributed by atoms with van der Waals surface area (Å²) >= 11 is 6.54. The number of nitrogens with zero attached hydrogens (tertiary/aromatic N) is 6. The molecule has 5 rings (SSSR count). The third-order valence-electron chi connectivity index (χ3n) is 8.24. The van der Waals surface area contributed by atoms with Gasteiger partial charge in [-0.25, -0.2) is 13.8 Å². The van der Waals surface area contributed by atoms with Crippen LogP contribution in [0.1, 0.15) is 30.9 Å². The minimum absolute atomic E-state index is 0.0815. The van der Waals surface area contributed by atoms with E-state index in [0.717, 1.165) is 31.5 Å². The smallest absolute Gasteiger partial charge is 0.418 e. The summed E-state index contributed by atoms with van der Waals surface area (Å²) in [6.07, 6.45) is -0.705. The molecule has 0 spiro atoms. The highest BCUT2D eigenvalue weighted by Gasteiger charge is 2.39. The van der Waals surface area contributed by atoms with Crippen molar-refractivity contribution in [3.8, 4) is 17.3 Å². The molecule has 9 nitrogen and oxygen atoms in total. The molecule has 2 saturated heterocycles. The Morgan fingerprint density at radius 1 is 1.20 bits per heavy atom. The number of benzene rings is 1. The first-order valence-electron chi connectivity index (χ1n) is 14.5. The molecule has 0 radical (unpaired) electrons. The summed E-state index contributed by atoms with van der Waals surface area (Å²) in [5.74, 6) is -1.47. The molecule has 1 aromatic carbocycles. The van der Waals surface area contributed by atoms with Gasteiger partial charge in [-0.2, -0.15) is 23.1 Å². The molecule has 0 saturated carbocycles. The number of alkyl halides is 4. The molecular formula is C30H33ClF5N7O2. The van der Waals surface area contributed by atoms with Gasteiger partial charge in [0, 0.05) is 43.2 Å². The van der Waals surface area contributed by atoms with Gasteiger partial charge in [0.15, 0.2) is 5.82 Å². The fourth-order valence-corrected chi connectivity index (χ4v) is 6.26. The number of pyridine rings is 1. The van der Waals surface area contributed by atoms with E-state index in [1.165, 1.54) is 19.1 Å². The number of nitrogen functional groups attached to an aromatic ring is 1. The molecule has 4 heterocycles. The van der Waals surface area contributed by atoms with Crippen LogP contribution in [0.2, 0.25) is 5.02 Å². The molecule has 242 valence electrons. The molecule has 2 aromatic heterocycles. The zero-order valence-electron chi connectivity index (χ0n) is 25.0. The molecule has 0 bridgehead atoms. The first kappa shape index (κ1) is 32.6. The van der Waals surface area contributed by atoms with Crippen LogP contribution in [0.4, 0.5) is 33.6 Å². The second-order valence-electron chi connectivity index (χ2n) is 11.3. The predicted molar refractivity (Wildman–Crippen MR) is 162 cm³/mol. The van der Waals surface area contributed by atoms with Crippen LogP contribution in [0.3, 0.4) is 0 Å². The number of halogens is 6. The first-order chi connectivity index (χ1) is 21.3. The van der Waals surface area contributed by atoms with Crippen molar-refractivity contribution in [2.45, 2.75) is 44.9 Å². The van der Waals surface area contributed by atoms with Crippen LogP contribution >= 0.6 is 11.6 Å². The van der Waals surface area contributed by atoms with Crippen molar-refractivity contribution < 1.29 is 31.5 Å². The Bertz CT molecular complexity index is 1640. The molecule has 2 atom stereocenters. The van der Waals surface area contributed by atoms with Crippen molar-refractivity contribution in [3.63, 3.8) is 0 Å². The Hall–Kier alpha value is -3.78. The van der Waals surface area contributed by atoms with E-state index in [0.29, 0.717) is 0 Å². The van der Waals surface area contributed by atoms with Crippen molar-refractivity contribution in [2.75, 3.05) is 57.1 Å². The number of aromatic nitrogens is 3. The van der Waals surface area contributed by atoms with Gasteiger partial charge in [0.25, 0.3) is 0 Å². The molecule has 3 aromatic rings. The number of anilines is 2. The van der Waals surface area contributed by atoms with Gasteiger partial charge in [-0.3, -0.25) is 4.79 Å². The van der Waals surface area contributed by atoms with Gasteiger partial charge in [-0.05, 0) is 64.1 Å². The van der Waals surface area contributed by atoms with E-state index in [-0.39, 0.29) is 83.4 Å². The van der Waals surface area contributed by atoms with E-state index in [9.17, 15) is 22.4 Å². The number of ether oxygens (including phenoxy) is 1. The number of aryl methyl sites for hydroxylation is 1. The van der Waals surface area contributed by atoms with Crippen LogP contribution in [0.5, 0.6) is 6.01 Å². The SMILES string of the molecule is Cc1cc(N)nc(-c2c(Cl)cc3c(N4CCN(C(=O)/C=C/CF)C[C@@H]4C)nc(OC[C@@H]4CCCN4C)nc3c2F)c1C(F)(F)F. The predicted octanol–water partition coefficient (Wildman–Crippen LogP) is 5.43. The van der Waals surface area contributed by atoms with Crippen LogP contribution in [0.15, 0.2) is 24.3 Å². The van der Waals surface area contributed by atoms with E-state index in [1.54, 1.807) is 4.90 Å². The standard InChI is InChI=1S/C30H33ClF5N7O2/c1-16-12-21(37)38-27(24(16)30(34,35)36)23-20(31)13-19-26(25(23)33)39-29(45-15-18-6-5-9-41(18)3)40-28(19)43-11-10-42(14-17(43)2)22(44)7-4-8-32/h4,7,12-13,17-18H,5-6,8-11,14-15H2,1-3H3,(H2,37,38)/b7-4+/t17-,18-/m0/s1. The van der Waals surface area contributed by atoms with Crippen LogP contribution in [0.25, 0.3) is 22.2 Å². The Kier molecular flexibility index (Phi) is 9.36. The van der Waals surface area contributed by atoms with Crippen molar-refractivity contribution in [1.29, 1.82) is 0 Å². The fourth-order valence-electron chi connectivity index (χ4n) is 5.98. The average molecular weight is 654 g/mol. The highest BCUT2D eigenvalue weighted by Crippen LogP contribution is 2.44. The maximum Gasteiger partial charge on any atom is 0.418 e. The van der Waals surface area contributed by atoms with Crippen molar-refractivity contribution in [3.05, 3.63) is 46.3 Å². The number of carbonyl (C=O) groups excluding carboxylic acids is 1. The molecule has 1 amide bonds. The normalized spacial score (nSPS) is 19.7. The summed E-state index contributed by atoms with van der Waals surface area (Å²) in [6.45, 7) is 4.16. The first-order valence-corrected chi connectivity index (χ1v) is 14.8. The van der Waals surface area contributed by atoms with Gasteiger partial charge >= 0.3 is 12.2 Å².